The third kappa shape index (κ3) is 2.79. The van der Waals surface area contributed by atoms with E-state index < -0.39 is 0 Å². The van der Waals surface area contributed by atoms with Crippen LogP contribution in [0.3, 0.4) is 0 Å². The zero-order valence-electron chi connectivity index (χ0n) is 17.3. The lowest BCUT2D eigenvalue weighted by Crippen LogP contribution is -2.61. The number of hydrogen-bond donors (Lipinski definition) is 1. The molecule has 6 unspecified atom stereocenters. The van der Waals surface area contributed by atoms with Gasteiger partial charge in [-0.05, 0) is 73.5 Å². The zero-order chi connectivity index (χ0) is 19.1. The van der Waals surface area contributed by atoms with E-state index in [4.69, 9.17) is 4.74 Å². The highest BCUT2D eigenvalue weighted by Crippen LogP contribution is 2.65. The highest BCUT2D eigenvalue weighted by molar-refractivity contribution is 5.77. The summed E-state index contributed by atoms with van der Waals surface area (Å²) < 4.78 is 5.12. The van der Waals surface area contributed by atoms with Crippen molar-refractivity contribution in [3.8, 4) is 0 Å². The van der Waals surface area contributed by atoms with Gasteiger partial charge in [-0.3, -0.25) is 9.59 Å². The molecule has 148 valence electrons. The molecule has 0 bridgehead atoms. The van der Waals surface area contributed by atoms with Crippen LogP contribution in [0.4, 0.5) is 0 Å². The molecule has 0 spiro atoms. The summed E-state index contributed by atoms with van der Waals surface area (Å²) in [4.78, 5) is 24.1. The molecule has 1 amide bonds. The number of carbonyl (C=O) groups is 2. The second-order valence-electron chi connectivity index (χ2n) is 9.28. The summed E-state index contributed by atoms with van der Waals surface area (Å²) >= 11 is 0. The Bertz CT molecular complexity index is 562. The van der Waals surface area contributed by atoms with Crippen molar-refractivity contribution in [2.45, 2.75) is 85.1 Å². The second kappa shape index (κ2) is 7.16. The van der Waals surface area contributed by atoms with Gasteiger partial charge in [0.15, 0.2) is 0 Å². The normalized spacial score (nSPS) is 46.7. The molecule has 7 atom stereocenters. The predicted molar refractivity (Wildman–Crippen MR) is 102 cm³/mol. The van der Waals surface area contributed by atoms with Crippen LogP contribution in [0.25, 0.3) is 0 Å². The minimum atomic E-state index is 0.00303. The molecule has 0 aromatic heterocycles. The first-order valence-electron chi connectivity index (χ1n) is 10.8. The number of rotatable bonds is 1. The van der Waals surface area contributed by atoms with Gasteiger partial charge in [-0.15, -0.1) is 0 Å². The summed E-state index contributed by atoms with van der Waals surface area (Å²) in [6, 6.07) is 0.363. The molecule has 0 aromatic carbocycles. The maximum Gasteiger partial charge on any atom is 0.309 e. The van der Waals surface area contributed by atoms with E-state index in [9.17, 15) is 9.59 Å². The van der Waals surface area contributed by atoms with E-state index in [0.717, 1.165) is 31.6 Å². The summed E-state index contributed by atoms with van der Waals surface area (Å²) in [5, 5.41) is 3.28. The molecule has 1 heterocycles. The van der Waals surface area contributed by atoms with Gasteiger partial charge < -0.3 is 10.1 Å². The van der Waals surface area contributed by atoms with Crippen molar-refractivity contribution < 1.29 is 14.3 Å². The van der Waals surface area contributed by atoms with E-state index >= 15 is 0 Å². The summed E-state index contributed by atoms with van der Waals surface area (Å²) in [7, 11) is 1.53. The molecule has 4 rings (SSSR count). The number of methoxy groups -OCH3 is 1. The van der Waals surface area contributed by atoms with Crippen LogP contribution >= 0.6 is 0 Å². The van der Waals surface area contributed by atoms with Crippen LogP contribution in [0.2, 0.25) is 0 Å². The monoisotopic (exact) mass is 363 g/mol. The third-order valence-electron chi connectivity index (χ3n) is 8.58. The number of esters is 1. The summed E-state index contributed by atoms with van der Waals surface area (Å²) in [5.74, 6) is 2.40. The predicted octanol–water partition coefficient (Wildman–Crippen LogP) is 4.32. The van der Waals surface area contributed by atoms with E-state index in [0.29, 0.717) is 24.3 Å². The minimum absolute atomic E-state index is 0.00303. The number of amides is 1. The van der Waals surface area contributed by atoms with Crippen LogP contribution in [0, 0.1) is 34.5 Å². The molecule has 1 N–H and O–H groups in total. The lowest BCUT2D eigenvalue weighted by molar-refractivity contribution is -0.155. The fourth-order valence-corrected chi connectivity index (χ4v) is 7.23. The summed E-state index contributed by atoms with van der Waals surface area (Å²) in [5.41, 5.74) is 0.372. The van der Waals surface area contributed by atoms with Gasteiger partial charge in [0.2, 0.25) is 5.91 Å². The molecule has 0 aromatic rings. The van der Waals surface area contributed by atoms with E-state index in [1.54, 1.807) is 0 Å². The van der Waals surface area contributed by atoms with E-state index in [1.165, 1.54) is 26.4 Å². The highest BCUT2D eigenvalue weighted by atomic mass is 16.5. The smallest absolute Gasteiger partial charge is 0.309 e. The van der Waals surface area contributed by atoms with Gasteiger partial charge in [0.05, 0.1) is 13.0 Å². The molecular weight excluding hydrogens is 326 g/mol. The van der Waals surface area contributed by atoms with E-state index in [1.807, 2.05) is 13.8 Å². The Morgan fingerprint density at radius 2 is 1.69 bits per heavy atom. The van der Waals surface area contributed by atoms with Crippen molar-refractivity contribution in [2.24, 2.45) is 34.5 Å². The molecule has 1 aliphatic heterocycles. The molecule has 4 fully saturated rings. The average Bonchev–Trinajstić information content (AvgIpc) is 3.00. The Hall–Kier alpha value is -1.06. The number of ether oxygens (including phenoxy) is 1. The maximum absolute atomic E-state index is 12.3. The maximum atomic E-state index is 12.3. The van der Waals surface area contributed by atoms with Crippen LogP contribution in [-0.2, 0) is 14.3 Å². The quantitative estimate of drug-likeness (QED) is 0.706. The first-order valence-corrected chi connectivity index (χ1v) is 10.8. The Morgan fingerprint density at radius 3 is 2.38 bits per heavy atom. The molecule has 3 aliphatic carbocycles. The first-order chi connectivity index (χ1) is 12.4. The van der Waals surface area contributed by atoms with Gasteiger partial charge in [0.25, 0.3) is 0 Å². The molecule has 4 aliphatic rings. The Balaban J connectivity index is 0.000000948. The van der Waals surface area contributed by atoms with Crippen LogP contribution < -0.4 is 5.32 Å². The van der Waals surface area contributed by atoms with Gasteiger partial charge in [0, 0.05) is 12.5 Å². The summed E-state index contributed by atoms with van der Waals surface area (Å²) in [6.45, 7) is 8.77. The SMILES string of the molecule is CC.COC(=O)C1CCC2C3CCC4NC(=O)CC[C@]4(C)C3CCC12C. The van der Waals surface area contributed by atoms with Crippen molar-refractivity contribution >= 4 is 11.9 Å². The summed E-state index contributed by atoms with van der Waals surface area (Å²) in [6.07, 6.45) is 8.54. The van der Waals surface area contributed by atoms with Crippen molar-refractivity contribution in [3.63, 3.8) is 0 Å². The Labute approximate surface area is 158 Å². The van der Waals surface area contributed by atoms with Crippen LogP contribution in [-0.4, -0.2) is 25.0 Å². The minimum Gasteiger partial charge on any atom is -0.469 e. The number of fused-ring (bicyclic) bond motifs is 5. The molecule has 1 saturated heterocycles. The lowest BCUT2D eigenvalue weighted by Gasteiger charge is -2.60. The van der Waals surface area contributed by atoms with Crippen molar-refractivity contribution in [2.75, 3.05) is 7.11 Å². The number of nitrogens with one attached hydrogen (secondary N) is 1. The molecule has 4 heteroatoms. The molecule has 26 heavy (non-hydrogen) atoms. The van der Waals surface area contributed by atoms with Crippen LogP contribution in [0.1, 0.15) is 79.1 Å². The average molecular weight is 364 g/mol. The number of carbonyl (C=O) groups excluding carboxylic acids is 2. The largest absolute Gasteiger partial charge is 0.469 e. The van der Waals surface area contributed by atoms with Crippen LogP contribution in [0.15, 0.2) is 0 Å². The molecule has 4 nitrogen and oxygen atoms in total. The van der Waals surface area contributed by atoms with Crippen molar-refractivity contribution in [1.82, 2.24) is 5.32 Å². The van der Waals surface area contributed by atoms with Gasteiger partial charge in [0.1, 0.15) is 0 Å². The number of piperidine rings is 1. The third-order valence-corrected chi connectivity index (χ3v) is 8.58. The fourth-order valence-electron chi connectivity index (χ4n) is 7.23. The molecular formula is C22H37NO3. The standard InChI is InChI=1S/C20H31NO3.C2H6/c1-19-10-8-14-12(13(19)5-6-15(19)18(23)24-3)4-7-16-20(14,2)11-9-17(22)21-16;1-2/h12-16H,4-11H2,1-3H3,(H,21,22);1-2H3/t12?,13?,14?,15?,16?,19?,20-;/m1./s1. The van der Waals surface area contributed by atoms with E-state index in [-0.39, 0.29) is 28.6 Å². The van der Waals surface area contributed by atoms with Crippen molar-refractivity contribution in [1.29, 1.82) is 0 Å². The van der Waals surface area contributed by atoms with Crippen molar-refractivity contribution in [3.05, 3.63) is 0 Å². The zero-order valence-corrected chi connectivity index (χ0v) is 17.3. The lowest BCUT2D eigenvalue weighted by atomic mass is 9.47. The Kier molecular flexibility index (Phi) is 5.43. The van der Waals surface area contributed by atoms with Crippen LogP contribution in [0.5, 0.6) is 0 Å². The van der Waals surface area contributed by atoms with Gasteiger partial charge in [-0.2, -0.15) is 0 Å². The number of hydrogen-bond acceptors (Lipinski definition) is 3. The molecule has 3 saturated carbocycles. The second-order valence-corrected chi connectivity index (χ2v) is 9.28. The van der Waals surface area contributed by atoms with Gasteiger partial charge >= 0.3 is 5.97 Å². The highest BCUT2D eigenvalue weighted by Gasteiger charge is 2.61. The topological polar surface area (TPSA) is 55.4 Å². The molecule has 0 radical (unpaired) electrons. The Morgan fingerprint density at radius 1 is 1.00 bits per heavy atom. The van der Waals surface area contributed by atoms with E-state index in [2.05, 4.69) is 19.2 Å². The fraction of sp³-hybridized carbons (Fsp3) is 0.909. The first kappa shape index (κ1) is 19.7. The van der Waals surface area contributed by atoms with Gasteiger partial charge in [-0.25, -0.2) is 0 Å². The van der Waals surface area contributed by atoms with Gasteiger partial charge in [-0.1, -0.05) is 27.7 Å².